The van der Waals surface area contributed by atoms with Gasteiger partial charge in [0, 0.05) is 6.42 Å². The first kappa shape index (κ1) is 21.3. The molecule has 0 atom stereocenters. The summed E-state index contributed by atoms with van der Waals surface area (Å²) in [4.78, 5) is 23.8. The summed E-state index contributed by atoms with van der Waals surface area (Å²) in [6, 6.07) is 13.0. The van der Waals surface area contributed by atoms with Crippen molar-refractivity contribution < 1.29 is 23.8 Å². The molecule has 1 amide bonds. The van der Waals surface area contributed by atoms with Gasteiger partial charge in [0.15, 0.2) is 6.61 Å². The van der Waals surface area contributed by atoms with Gasteiger partial charge in [0.1, 0.15) is 11.5 Å². The van der Waals surface area contributed by atoms with Crippen molar-refractivity contribution in [3.05, 3.63) is 53.6 Å². The Morgan fingerprint density at radius 3 is 2.50 bits per heavy atom. The van der Waals surface area contributed by atoms with E-state index in [2.05, 4.69) is 5.32 Å². The first-order chi connectivity index (χ1) is 13.5. The second-order valence-corrected chi connectivity index (χ2v) is 6.29. The minimum atomic E-state index is -0.433. The van der Waals surface area contributed by atoms with Crippen LogP contribution in [0.1, 0.15) is 30.9 Å². The zero-order valence-corrected chi connectivity index (χ0v) is 16.6. The Balaban J connectivity index is 1.68. The van der Waals surface area contributed by atoms with Gasteiger partial charge in [-0.25, -0.2) is 0 Å². The summed E-state index contributed by atoms with van der Waals surface area (Å²) < 4.78 is 16.2. The summed E-state index contributed by atoms with van der Waals surface area (Å²) >= 11 is 0. The minimum absolute atomic E-state index is 0.188. The van der Waals surface area contributed by atoms with E-state index in [9.17, 15) is 9.59 Å². The number of carbonyl (C=O) groups excluding carboxylic acids is 2. The summed E-state index contributed by atoms with van der Waals surface area (Å²) in [5.41, 5.74) is 2.80. The number of ether oxygens (including phenoxy) is 3. The third-order valence-electron chi connectivity index (χ3n) is 4.16. The minimum Gasteiger partial charge on any atom is -0.493 e. The molecule has 2 aromatic rings. The van der Waals surface area contributed by atoms with Crippen LogP contribution < -0.4 is 14.8 Å². The largest absolute Gasteiger partial charge is 0.493 e. The van der Waals surface area contributed by atoms with Crippen molar-refractivity contribution in [2.45, 2.75) is 33.6 Å². The number of carbonyl (C=O) groups is 2. The average Bonchev–Trinajstić information content (AvgIpc) is 2.68. The molecule has 0 aliphatic carbocycles. The van der Waals surface area contributed by atoms with Crippen LogP contribution in [0.25, 0.3) is 0 Å². The number of aryl methyl sites for hydroxylation is 1. The van der Waals surface area contributed by atoms with E-state index in [4.69, 9.17) is 14.2 Å². The van der Waals surface area contributed by atoms with Gasteiger partial charge in [-0.2, -0.15) is 0 Å². The number of anilines is 1. The van der Waals surface area contributed by atoms with Gasteiger partial charge < -0.3 is 19.5 Å². The van der Waals surface area contributed by atoms with Gasteiger partial charge in [-0.3, -0.25) is 9.59 Å². The van der Waals surface area contributed by atoms with E-state index in [1.807, 2.05) is 45.0 Å². The number of amides is 1. The van der Waals surface area contributed by atoms with Crippen LogP contribution in [0.5, 0.6) is 11.5 Å². The maximum Gasteiger partial charge on any atom is 0.306 e. The lowest BCUT2D eigenvalue weighted by Crippen LogP contribution is -2.21. The van der Waals surface area contributed by atoms with Crippen molar-refractivity contribution in [1.82, 2.24) is 0 Å². The molecule has 0 radical (unpaired) electrons. The molecule has 0 aliphatic rings. The van der Waals surface area contributed by atoms with Gasteiger partial charge >= 0.3 is 5.97 Å². The zero-order valence-electron chi connectivity index (χ0n) is 16.6. The third kappa shape index (κ3) is 6.61. The van der Waals surface area contributed by atoms with Crippen molar-refractivity contribution in [2.24, 2.45) is 0 Å². The molecule has 0 spiro atoms. The van der Waals surface area contributed by atoms with Gasteiger partial charge in [-0.05, 0) is 56.5 Å². The van der Waals surface area contributed by atoms with Crippen molar-refractivity contribution >= 4 is 17.6 Å². The van der Waals surface area contributed by atoms with Crippen LogP contribution in [0.3, 0.4) is 0 Å². The Morgan fingerprint density at radius 1 is 0.964 bits per heavy atom. The molecule has 28 heavy (non-hydrogen) atoms. The Bertz CT molecular complexity index is 803. The van der Waals surface area contributed by atoms with Crippen molar-refractivity contribution in [3.8, 4) is 11.5 Å². The first-order valence-corrected chi connectivity index (χ1v) is 9.37. The zero-order chi connectivity index (χ0) is 20.4. The highest BCUT2D eigenvalue weighted by molar-refractivity contribution is 5.94. The van der Waals surface area contributed by atoms with Gasteiger partial charge in [-0.1, -0.05) is 24.3 Å². The summed E-state index contributed by atoms with van der Waals surface area (Å²) in [7, 11) is 0. The molecule has 0 heterocycles. The van der Waals surface area contributed by atoms with Crippen molar-refractivity contribution in [1.29, 1.82) is 0 Å². The number of rotatable bonds is 10. The molecule has 0 saturated carbocycles. The fourth-order valence-electron chi connectivity index (χ4n) is 2.53. The molecule has 150 valence electrons. The molecular formula is C22H27NO5. The van der Waals surface area contributed by atoms with E-state index in [0.29, 0.717) is 31.1 Å². The second-order valence-electron chi connectivity index (χ2n) is 6.29. The monoisotopic (exact) mass is 385 g/mol. The molecule has 0 aromatic heterocycles. The molecule has 0 unspecified atom stereocenters. The van der Waals surface area contributed by atoms with E-state index in [1.165, 1.54) is 0 Å². The van der Waals surface area contributed by atoms with E-state index in [0.717, 1.165) is 16.9 Å². The van der Waals surface area contributed by atoms with Crippen LogP contribution >= 0.6 is 0 Å². The summed E-state index contributed by atoms with van der Waals surface area (Å²) in [5.74, 6) is 0.555. The smallest absolute Gasteiger partial charge is 0.306 e. The number of nitrogens with one attached hydrogen (secondary N) is 1. The van der Waals surface area contributed by atoms with Crippen LogP contribution in [0, 0.1) is 13.8 Å². The molecular weight excluding hydrogens is 358 g/mol. The lowest BCUT2D eigenvalue weighted by Gasteiger charge is -2.12. The van der Waals surface area contributed by atoms with Gasteiger partial charge in [0.2, 0.25) is 0 Å². The van der Waals surface area contributed by atoms with E-state index in [-0.39, 0.29) is 13.0 Å². The molecule has 2 aromatic carbocycles. The third-order valence-corrected chi connectivity index (χ3v) is 4.16. The molecule has 2 rings (SSSR count). The van der Waals surface area contributed by atoms with Gasteiger partial charge in [-0.15, -0.1) is 0 Å². The normalized spacial score (nSPS) is 10.2. The maximum absolute atomic E-state index is 12.0. The molecule has 6 nitrogen and oxygen atoms in total. The number of benzene rings is 2. The summed E-state index contributed by atoms with van der Waals surface area (Å²) in [6.45, 7) is 6.46. The second kappa shape index (κ2) is 11.0. The Morgan fingerprint density at radius 2 is 1.71 bits per heavy atom. The lowest BCUT2D eigenvalue weighted by atomic mass is 10.1. The predicted molar refractivity (Wildman–Crippen MR) is 108 cm³/mol. The maximum atomic E-state index is 12.0. The Hall–Kier alpha value is -3.02. The van der Waals surface area contributed by atoms with Gasteiger partial charge in [0.05, 0.1) is 18.9 Å². The molecule has 0 fully saturated rings. The average molecular weight is 385 g/mol. The molecule has 0 saturated heterocycles. The molecule has 0 bridgehead atoms. The van der Waals surface area contributed by atoms with Crippen LogP contribution in [0.4, 0.5) is 5.69 Å². The van der Waals surface area contributed by atoms with Crippen LogP contribution in [-0.4, -0.2) is 31.7 Å². The Kier molecular flexibility index (Phi) is 8.34. The van der Waals surface area contributed by atoms with Crippen LogP contribution in [-0.2, 0) is 14.3 Å². The first-order valence-electron chi connectivity index (χ1n) is 9.37. The highest BCUT2D eigenvalue weighted by Gasteiger charge is 2.11. The fraction of sp³-hybridized carbons (Fsp3) is 0.364. The quantitative estimate of drug-likeness (QED) is 0.493. The highest BCUT2D eigenvalue weighted by Crippen LogP contribution is 2.23. The van der Waals surface area contributed by atoms with E-state index < -0.39 is 11.9 Å². The predicted octanol–water partition coefficient (Wildman–Crippen LogP) is 4.04. The number of para-hydroxylation sites is 2. The van der Waals surface area contributed by atoms with E-state index in [1.54, 1.807) is 18.2 Å². The van der Waals surface area contributed by atoms with Crippen molar-refractivity contribution in [2.75, 3.05) is 25.1 Å². The topological polar surface area (TPSA) is 73.9 Å². The molecule has 0 aliphatic heterocycles. The SMILES string of the molecule is CCOc1ccccc1NC(=O)COC(=O)CCCOc1cccc(C)c1C. The van der Waals surface area contributed by atoms with E-state index >= 15 is 0 Å². The summed E-state index contributed by atoms with van der Waals surface area (Å²) in [5, 5.41) is 2.69. The number of hydrogen-bond donors (Lipinski definition) is 1. The standard InChI is InChI=1S/C22H27NO5/c1-4-26-20-11-6-5-10-18(20)23-21(24)15-28-22(25)13-8-14-27-19-12-7-9-16(2)17(19)3/h5-7,9-12H,4,8,13-15H2,1-3H3,(H,23,24). The Labute approximate surface area is 165 Å². The molecule has 1 N–H and O–H groups in total. The van der Waals surface area contributed by atoms with Crippen LogP contribution in [0.15, 0.2) is 42.5 Å². The fourth-order valence-corrected chi connectivity index (χ4v) is 2.53. The lowest BCUT2D eigenvalue weighted by molar-refractivity contribution is -0.147. The molecule has 6 heteroatoms. The van der Waals surface area contributed by atoms with Gasteiger partial charge in [0.25, 0.3) is 5.91 Å². The number of esters is 1. The number of hydrogen-bond acceptors (Lipinski definition) is 5. The summed E-state index contributed by atoms with van der Waals surface area (Å²) in [6.07, 6.45) is 0.703. The van der Waals surface area contributed by atoms with Crippen LogP contribution in [0.2, 0.25) is 0 Å². The highest BCUT2D eigenvalue weighted by atomic mass is 16.5. The van der Waals surface area contributed by atoms with Crippen molar-refractivity contribution in [3.63, 3.8) is 0 Å².